The van der Waals surface area contributed by atoms with Gasteiger partial charge in [0.05, 0.1) is 50.5 Å². The smallest absolute Gasteiger partial charge is 0.350 e. The molecule has 0 aliphatic heterocycles. The Morgan fingerprint density at radius 2 is 1.16 bits per heavy atom. The number of aromatic nitrogens is 10. The van der Waals surface area contributed by atoms with Gasteiger partial charge in [-0.3, -0.25) is 28.5 Å². The van der Waals surface area contributed by atoms with Gasteiger partial charge < -0.3 is 21.3 Å². The molecule has 20 nitrogen and oxygen atoms in total. The molecule has 0 bridgehead atoms. The fourth-order valence-electron chi connectivity index (χ4n) is 9.38. The fourth-order valence-corrected chi connectivity index (χ4v) is 9.38. The second-order valence-electron chi connectivity index (χ2n) is 18.3. The van der Waals surface area contributed by atoms with Crippen LogP contribution >= 0.6 is 0 Å². The van der Waals surface area contributed by atoms with E-state index >= 15 is 13.2 Å². The summed E-state index contributed by atoms with van der Waals surface area (Å²) in [6.07, 6.45) is 3.18. The molecule has 0 spiro atoms. The Hall–Kier alpha value is -10.2. The Morgan fingerprint density at radius 3 is 1.74 bits per heavy atom. The molecule has 2 atom stereocenters. The van der Waals surface area contributed by atoms with Gasteiger partial charge >= 0.3 is 11.4 Å². The first-order valence-corrected chi connectivity index (χ1v) is 23.9. The largest absolute Gasteiger partial charge is 0.355 e. The molecule has 23 heteroatoms. The van der Waals surface area contributed by atoms with Crippen LogP contribution in [-0.2, 0) is 21.1 Å². The van der Waals surface area contributed by atoms with Gasteiger partial charge in [-0.2, -0.15) is 20.4 Å². The van der Waals surface area contributed by atoms with Gasteiger partial charge in [0.2, 0.25) is 0 Å². The maximum Gasteiger partial charge on any atom is 0.350 e. The molecule has 77 heavy (non-hydrogen) atoms. The topological polar surface area (TPSA) is 232 Å². The van der Waals surface area contributed by atoms with Gasteiger partial charge in [-0.15, -0.1) is 0 Å². The summed E-state index contributed by atoms with van der Waals surface area (Å²) in [6.45, 7) is 0.0217. The second kappa shape index (κ2) is 19.3. The molecular formula is C54H43F3N14O6. The van der Waals surface area contributed by atoms with E-state index in [2.05, 4.69) is 41.7 Å². The van der Waals surface area contributed by atoms with Crippen LogP contribution in [0.1, 0.15) is 54.2 Å². The van der Waals surface area contributed by atoms with Crippen molar-refractivity contribution in [3.63, 3.8) is 0 Å². The molecule has 1 fully saturated rings. The molecule has 1 aliphatic carbocycles. The SMILES string of the molecule is CNC(=O)c1cccc(NC(=O)c2nn(C3CC3CNC(=O)c3cccc(NC(=O)c4nn(C)c5ccc(-c6ccc(-n7cnn(C)c7=O)cc6)c(F)c45)c3F)c3ccc(-c4ccc(-n5cnn(C)c5=O)cc4)c(F)c23)c1. The lowest BCUT2D eigenvalue weighted by molar-refractivity contribution is 0.0943. The first-order chi connectivity index (χ1) is 37.1. The molecule has 1 aliphatic rings. The van der Waals surface area contributed by atoms with E-state index < -0.39 is 46.8 Å². The highest BCUT2D eigenvalue weighted by Gasteiger charge is 2.42. The normalized spacial score (nSPS) is 14.0. The van der Waals surface area contributed by atoms with Crippen molar-refractivity contribution >= 4 is 56.8 Å². The van der Waals surface area contributed by atoms with Crippen molar-refractivity contribution in [2.45, 2.75) is 12.5 Å². The number of benzene rings is 6. The quantitative estimate of drug-likeness (QED) is 0.101. The second-order valence-corrected chi connectivity index (χ2v) is 18.3. The van der Waals surface area contributed by atoms with Crippen LogP contribution in [0.3, 0.4) is 0 Å². The third kappa shape index (κ3) is 8.77. The standard InChI is InChI=1S/C54H43F3N14O6/c1-58-49(72)30-7-5-8-32(23-30)62-51(74)48-43-40(22-20-36(46(43)57)29-13-17-34(18-14-29)70-27-61-68(4)54(70)77)71(65-48)41-24-31(41)25-59-50(73)37-9-6-10-38(44(37)55)63-52(75)47-42-39(66(2)64-47)21-19-35(45(42)56)28-11-15-33(16-12-28)69-26-60-67(3)53(69)76/h5-23,26-27,31,41H,24-25H2,1-4H3,(H,58,72)(H,59,73)(H,62,74)(H,63,75). The van der Waals surface area contributed by atoms with Crippen molar-refractivity contribution in [1.29, 1.82) is 0 Å². The summed E-state index contributed by atoms with van der Waals surface area (Å²) >= 11 is 0. The number of fused-ring (bicyclic) bond motifs is 2. The Labute approximate surface area is 433 Å². The van der Waals surface area contributed by atoms with E-state index in [9.17, 15) is 28.8 Å². The Morgan fingerprint density at radius 1 is 0.597 bits per heavy atom. The molecule has 2 unspecified atom stereocenters. The van der Waals surface area contributed by atoms with Crippen LogP contribution in [0, 0.1) is 23.4 Å². The molecule has 386 valence electrons. The maximum absolute atomic E-state index is 17.0. The van der Waals surface area contributed by atoms with E-state index in [0.717, 1.165) is 0 Å². The minimum atomic E-state index is -1.05. The van der Waals surface area contributed by atoms with Gasteiger partial charge in [-0.05, 0) is 96.4 Å². The molecule has 4 N–H and O–H groups in total. The molecule has 4 amide bonds. The van der Waals surface area contributed by atoms with Crippen LogP contribution in [-0.4, -0.2) is 85.5 Å². The van der Waals surface area contributed by atoms with Gasteiger partial charge in [-0.25, -0.2) is 41.3 Å². The monoisotopic (exact) mass is 1040 g/mol. The first kappa shape index (κ1) is 49.0. The number of nitrogens with zero attached hydrogens (tertiary/aromatic N) is 10. The number of aryl methyl sites for hydroxylation is 3. The van der Waals surface area contributed by atoms with Crippen LogP contribution in [0.25, 0.3) is 55.4 Å². The number of carbonyl (C=O) groups excluding carboxylic acids is 4. The molecule has 4 aromatic heterocycles. The predicted octanol–water partition coefficient (Wildman–Crippen LogP) is 6.30. The zero-order valence-corrected chi connectivity index (χ0v) is 41.2. The van der Waals surface area contributed by atoms with Gasteiger partial charge in [0.25, 0.3) is 23.6 Å². The molecule has 4 heterocycles. The maximum atomic E-state index is 17.0. The highest BCUT2D eigenvalue weighted by Crippen LogP contribution is 2.45. The van der Waals surface area contributed by atoms with Crippen molar-refractivity contribution < 1.29 is 32.3 Å². The molecule has 0 saturated heterocycles. The van der Waals surface area contributed by atoms with Gasteiger partial charge in [0.1, 0.15) is 24.3 Å². The van der Waals surface area contributed by atoms with Gasteiger partial charge in [-0.1, -0.05) is 36.4 Å². The van der Waals surface area contributed by atoms with Crippen molar-refractivity contribution in [1.82, 2.24) is 58.9 Å². The summed E-state index contributed by atoms with van der Waals surface area (Å²) in [6, 6.07) is 29.0. The average Bonchev–Trinajstić information content (AvgIpc) is 3.61. The lowest BCUT2D eigenvalue weighted by Gasteiger charge is -2.11. The van der Waals surface area contributed by atoms with Crippen molar-refractivity contribution in [3.8, 4) is 33.6 Å². The number of halogens is 3. The zero-order valence-electron chi connectivity index (χ0n) is 41.2. The van der Waals surface area contributed by atoms with E-state index in [1.807, 2.05) is 0 Å². The van der Waals surface area contributed by atoms with Crippen LogP contribution in [0.2, 0.25) is 0 Å². The Kier molecular flexibility index (Phi) is 12.3. The Bertz CT molecular complexity index is 4190. The number of carbonyl (C=O) groups is 4. The number of anilines is 2. The van der Waals surface area contributed by atoms with E-state index in [1.165, 1.54) is 93.0 Å². The van der Waals surface area contributed by atoms with Gasteiger partial charge in [0.15, 0.2) is 17.2 Å². The third-order valence-corrected chi connectivity index (χ3v) is 13.6. The van der Waals surface area contributed by atoms with Crippen LogP contribution in [0.5, 0.6) is 0 Å². The van der Waals surface area contributed by atoms with Crippen LogP contribution in [0.15, 0.2) is 138 Å². The lowest BCUT2D eigenvalue weighted by atomic mass is 10.0. The summed E-state index contributed by atoms with van der Waals surface area (Å²) in [4.78, 5) is 78.9. The highest BCUT2D eigenvalue weighted by atomic mass is 19.1. The minimum absolute atomic E-state index is 0.0217. The summed E-state index contributed by atoms with van der Waals surface area (Å²) < 4.78 is 57.6. The zero-order chi connectivity index (χ0) is 54.0. The molecule has 1 saturated carbocycles. The van der Waals surface area contributed by atoms with Crippen molar-refractivity contribution in [2.24, 2.45) is 27.1 Å². The van der Waals surface area contributed by atoms with Gasteiger partial charge in [0, 0.05) is 63.0 Å². The van der Waals surface area contributed by atoms with E-state index in [0.29, 0.717) is 28.9 Å². The van der Waals surface area contributed by atoms with E-state index in [1.54, 1.807) is 91.0 Å². The number of hydrogen-bond acceptors (Lipinski definition) is 10. The summed E-state index contributed by atoms with van der Waals surface area (Å²) in [7, 11) is 6.04. The van der Waals surface area contributed by atoms with E-state index in [4.69, 9.17) is 0 Å². The summed E-state index contributed by atoms with van der Waals surface area (Å²) in [5, 5.41) is 27.1. The number of rotatable bonds is 13. The molecule has 11 rings (SSSR count). The first-order valence-electron chi connectivity index (χ1n) is 23.9. The average molecular weight is 1040 g/mol. The molecule has 6 aromatic carbocycles. The number of nitrogens with one attached hydrogen (secondary N) is 4. The minimum Gasteiger partial charge on any atom is -0.355 e. The predicted molar refractivity (Wildman–Crippen MR) is 278 cm³/mol. The molecular weight excluding hydrogens is 998 g/mol. The Balaban J connectivity index is 0.819. The lowest BCUT2D eigenvalue weighted by Crippen LogP contribution is -2.27. The van der Waals surface area contributed by atoms with Crippen LogP contribution in [0.4, 0.5) is 24.5 Å². The highest BCUT2D eigenvalue weighted by molar-refractivity contribution is 6.13. The van der Waals surface area contributed by atoms with Crippen LogP contribution < -0.4 is 32.6 Å². The van der Waals surface area contributed by atoms with E-state index in [-0.39, 0.29) is 91.0 Å². The number of hydrogen-bond donors (Lipinski definition) is 4. The summed E-state index contributed by atoms with van der Waals surface area (Å²) in [5.41, 5.74) is 1.23. The molecule has 10 aromatic rings. The van der Waals surface area contributed by atoms with Crippen molar-refractivity contribution in [2.75, 3.05) is 24.2 Å². The fraction of sp³-hybridized carbons (Fsp3) is 0.148. The number of amides is 4. The van der Waals surface area contributed by atoms with Crippen molar-refractivity contribution in [3.05, 3.63) is 189 Å². The molecule has 0 radical (unpaired) electrons. The summed E-state index contributed by atoms with van der Waals surface area (Å²) in [5.74, 6) is -5.73. The third-order valence-electron chi connectivity index (χ3n) is 13.6.